The van der Waals surface area contributed by atoms with Gasteiger partial charge in [-0.1, -0.05) is 45.0 Å². The van der Waals surface area contributed by atoms with Gasteiger partial charge in [-0.05, 0) is 42.5 Å². The highest BCUT2D eigenvalue weighted by Crippen LogP contribution is 2.37. The van der Waals surface area contributed by atoms with E-state index in [1.54, 1.807) is 31.2 Å². The van der Waals surface area contributed by atoms with Gasteiger partial charge in [0.05, 0.1) is 15.3 Å². The predicted molar refractivity (Wildman–Crippen MR) is 106 cm³/mol. The van der Waals surface area contributed by atoms with Crippen molar-refractivity contribution in [3.8, 4) is 0 Å². The van der Waals surface area contributed by atoms with Crippen molar-refractivity contribution in [2.45, 2.75) is 40.0 Å². The van der Waals surface area contributed by atoms with Crippen LogP contribution in [-0.4, -0.2) is 31.5 Å². The normalized spacial score (nSPS) is 17.4. The Labute approximate surface area is 161 Å². The molecule has 2 rings (SSSR count). The molecule has 0 N–H and O–H groups in total. The smallest absolute Gasteiger partial charge is 0.360 e. The zero-order chi connectivity index (χ0) is 20.2. The van der Waals surface area contributed by atoms with Gasteiger partial charge in [-0.2, -0.15) is 13.2 Å². The molecule has 0 radical (unpaired) electrons. The van der Waals surface area contributed by atoms with Crippen molar-refractivity contribution in [1.29, 1.82) is 0 Å². The molecule has 1 unspecified atom stereocenters. The molecule has 0 aliphatic heterocycles. The Morgan fingerprint density at radius 2 is 1.74 bits per heavy atom. The summed E-state index contributed by atoms with van der Waals surface area (Å²) in [6, 6.07) is 8.07. The van der Waals surface area contributed by atoms with E-state index in [0.29, 0.717) is 30.4 Å². The average Bonchev–Trinajstić information content (AvgIpc) is 2.66. The summed E-state index contributed by atoms with van der Waals surface area (Å²) in [6.45, 7) is 5.40. The van der Waals surface area contributed by atoms with Gasteiger partial charge in [-0.25, -0.2) is 8.42 Å². The molecule has 0 heterocycles. The van der Waals surface area contributed by atoms with Crippen molar-refractivity contribution in [2.75, 3.05) is 0 Å². The van der Waals surface area contributed by atoms with Crippen LogP contribution in [0, 0.1) is 5.92 Å². The van der Waals surface area contributed by atoms with Crippen LogP contribution in [0.2, 0.25) is 0 Å². The van der Waals surface area contributed by atoms with E-state index in [2.05, 4.69) is 4.79 Å². The molecule has 1 atom stereocenters. The lowest BCUT2D eigenvalue weighted by Gasteiger charge is -2.26. The Bertz CT molecular complexity index is 1080. The van der Waals surface area contributed by atoms with Crippen molar-refractivity contribution in [3.05, 3.63) is 63.6 Å². The molecule has 0 saturated heterocycles. The quantitative estimate of drug-likeness (QED) is 0.246. The summed E-state index contributed by atoms with van der Waals surface area (Å²) < 4.78 is 50.6. The number of allylic oxidation sites excluding steroid dienone is 4. The fraction of sp³-hybridized carbons (Fsp3) is 0.368. The summed E-state index contributed by atoms with van der Waals surface area (Å²) in [5.74, 6) is -0.802. The highest BCUT2D eigenvalue weighted by Gasteiger charge is 2.43. The maximum absolute atomic E-state index is 13.4. The van der Waals surface area contributed by atoms with Gasteiger partial charge in [0, 0.05) is 5.92 Å². The lowest BCUT2D eigenvalue weighted by Crippen LogP contribution is -2.32. The maximum atomic E-state index is 13.4. The Morgan fingerprint density at radius 3 is 2.19 bits per heavy atom. The first-order valence-corrected chi connectivity index (χ1v) is 11.3. The van der Waals surface area contributed by atoms with Crippen LogP contribution in [-0.2, 0) is 20.1 Å². The first kappa shape index (κ1) is 21.0. The third kappa shape index (κ3) is 3.88. The highest BCUT2D eigenvalue weighted by molar-refractivity contribution is 8.10. The van der Waals surface area contributed by atoms with E-state index in [4.69, 9.17) is 0 Å². The van der Waals surface area contributed by atoms with Crippen LogP contribution >= 0.6 is 0 Å². The molecule has 6 nitrogen and oxygen atoms in total. The number of hydrogen-bond acceptors (Lipinski definition) is 4. The van der Waals surface area contributed by atoms with Gasteiger partial charge in [0.25, 0.3) is 9.84 Å². The highest BCUT2D eigenvalue weighted by atomic mass is 32.2. The van der Waals surface area contributed by atoms with E-state index >= 15 is 0 Å². The van der Waals surface area contributed by atoms with Crippen LogP contribution in [0.4, 0.5) is 0 Å². The molecule has 0 bridgehead atoms. The van der Waals surface area contributed by atoms with Gasteiger partial charge in [0.15, 0.2) is 0 Å². The second kappa shape index (κ2) is 8.61. The SMILES string of the molecule is CCC1=CC(CC)=C(S(=O)(=O)C(=[N+]=[N-])c2ccccc2)C(CC)C1=S(=O)=O. The first-order valence-electron chi connectivity index (χ1n) is 8.75. The van der Waals surface area contributed by atoms with Gasteiger partial charge >= 0.3 is 5.04 Å². The summed E-state index contributed by atoms with van der Waals surface area (Å²) in [5, 5.41) is -0.480. The van der Waals surface area contributed by atoms with Crippen LogP contribution in [0.25, 0.3) is 5.53 Å². The molecule has 27 heavy (non-hydrogen) atoms. The van der Waals surface area contributed by atoms with Crippen molar-refractivity contribution >= 4 is 30.0 Å². The molecule has 144 valence electrons. The fourth-order valence-corrected chi connectivity index (χ4v) is 6.36. The Kier molecular flexibility index (Phi) is 6.70. The van der Waals surface area contributed by atoms with E-state index < -0.39 is 31.1 Å². The topological polar surface area (TPSA) is 105 Å². The first-order chi connectivity index (χ1) is 12.8. The molecule has 0 fully saturated rings. The molecule has 1 aromatic rings. The minimum absolute atomic E-state index is 0.000512. The largest absolute Gasteiger partial charge is 0.416 e. The van der Waals surface area contributed by atoms with Gasteiger partial charge in [-0.3, -0.25) is 0 Å². The summed E-state index contributed by atoms with van der Waals surface area (Å²) >= 11 is 0. The minimum atomic E-state index is -4.21. The molecule has 0 aromatic heterocycles. The van der Waals surface area contributed by atoms with Gasteiger partial charge in [0.2, 0.25) is 10.3 Å². The van der Waals surface area contributed by atoms with E-state index in [0.717, 1.165) is 0 Å². The number of nitrogens with zero attached hydrogens (tertiary/aromatic N) is 2. The van der Waals surface area contributed by atoms with E-state index in [-0.39, 0.29) is 15.3 Å². The Hall–Kier alpha value is -2.28. The molecular formula is C19H22N2O4S2. The second-order valence-corrected chi connectivity index (χ2v) is 8.84. The number of sulfone groups is 1. The zero-order valence-electron chi connectivity index (χ0n) is 15.5. The molecule has 0 saturated carbocycles. The van der Waals surface area contributed by atoms with E-state index in [9.17, 15) is 22.4 Å². The lowest BCUT2D eigenvalue weighted by atomic mass is 9.86. The summed E-state index contributed by atoms with van der Waals surface area (Å²) in [4.78, 5) is 3.16. The van der Waals surface area contributed by atoms with E-state index in [1.165, 1.54) is 12.1 Å². The number of hydrogen-bond donors (Lipinski definition) is 0. The number of benzene rings is 1. The molecule has 8 heteroatoms. The van der Waals surface area contributed by atoms with Crippen molar-refractivity contribution in [3.63, 3.8) is 0 Å². The fourth-order valence-electron chi connectivity index (χ4n) is 3.38. The molecular weight excluding hydrogens is 384 g/mol. The molecule has 0 spiro atoms. The van der Waals surface area contributed by atoms with Gasteiger partial charge in [-0.15, -0.1) is 0 Å². The monoisotopic (exact) mass is 406 g/mol. The number of rotatable bonds is 5. The van der Waals surface area contributed by atoms with Crippen LogP contribution in [0.3, 0.4) is 0 Å². The van der Waals surface area contributed by atoms with Crippen molar-refractivity contribution in [2.24, 2.45) is 5.92 Å². The maximum Gasteiger partial charge on any atom is 0.416 e. The average molecular weight is 407 g/mol. The lowest BCUT2D eigenvalue weighted by molar-refractivity contribution is 0.000663. The van der Waals surface area contributed by atoms with Crippen molar-refractivity contribution < 1.29 is 21.6 Å². The van der Waals surface area contributed by atoms with Crippen molar-refractivity contribution in [1.82, 2.24) is 0 Å². The zero-order valence-corrected chi connectivity index (χ0v) is 17.1. The molecule has 1 aliphatic carbocycles. The predicted octanol–water partition coefficient (Wildman–Crippen LogP) is 3.17. The second-order valence-electron chi connectivity index (χ2n) is 6.10. The van der Waals surface area contributed by atoms with Crippen LogP contribution in [0.5, 0.6) is 0 Å². The third-order valence-corrected chi connectivity index (χ3v) is 7.48. The third-order valence-electron chi connectivity index (χ3n) is 4.62. The Morgan fingerprint density at radius 1 is 1.11 bits per heavy atom. The van der Waals surface area contributed by atoms with E-state index in [1.807, 2.05) is 13.8 Å². The minimum Gasteiger partial charge on any atom is -0.360 e. The molecule has 0 amide bonds. The van der Waals surface area contributed by atoms with Gasteiger partial charge in [0.1, 0.15) is 0 Å². The summed E-state index contributed by atoms with van der Waals surface area (Å²) in [5.41, 5.74) is 10.9. The molecule has 1 aliphatic rings. The van der Waals surface area contributed by atoms with Crippen LogP contribution in [0.15, 0.2) is 52.5 Å². The van der Waals surface area contributed by atoms with Crippen LogP contribution < -0.4 is 0 Å². The summed E-state index contributed by atoms with van der Waals surface area (Å²) in [7, 11) is -6.75. The van der Waals surface area contributed by atoms with Gasteiger partial charge < -0.3 is 5.53 Å². The summed E-state index contributed by atoms with van der Waals surface area (Å²) in [6.07, 6.45) is 2.84. The molecule has 1 aromatic carbocycles. The Balaban J connectivity index is 2.86. The standard InChI is InChI=1S/C19H22N2O4S2/c1-4-13-12-14(5-2)18(16(6-3)17(13)26(22)23)27(24,25)19(21-20)15-10-8-7-9-11-15/h7-12,16H,4-6H2,1-3H3. The van der Waals surface area contributed by atoms with Crippen LogP contribution in [0.1, 0.15) is 45.6 Å².